The smallest absolute Gasteiger partial charge is 0.257 e. The third-order valence-corrected chi connectivity index (χ3v) is 5.16. The lowest BCUT2D eigenvalue weighted by Crippen LogP contribution is -2.23. The highest BCUT2D eigenvalue weighted by Gasteiger charge is 2.30. The van der Waals surface area contributed by atoms with Gasteiger partial charge in [-0.05, 0) is 56.1 Å². The molecule has 0 radical (unpaired) electrons. The Morgan fingerprint density at radius 3 is 2.87 bits per heavy atom. The largest absolute Gasteiger partial charge is 0.418 e. The fraction of sp³-hybridized carbons (Fsp3) is 0.353. The minimum absolute atomic E-state index is 0.213. The normalized spacial score (nSPS) is 18.6. The minimum atomic E-state index is 0.213. The Morgan fingerprint density at radius 1 is 1.22 bits per heavy atom. The van der Waals surface area contributed by atoms with Crippen molar-refractivity contribution < 1.29 is 4.42 Å². The Kier molecular flexibility index (Phi) is 3.93. The van der Waals surface area contributed by atoms with Crippen LogP contribution in [0.3, 0.4) is 0 Å². The Morgan fingerprint density at radius 2 is 2.09 bits per heavy atom. The van der Waals surface area contributed by atoms with Crippen molar-refractivity contribution in [1.29, 1.82) is 0 Å². The van der Waals surface area contributed by atoms with Gasteiger partial charge in [0.2, 0.25) is 5.89 Å². The van der Waals surface area contributed by atoms with E-state index in [4.69, 9.17) is 4.42 Å². The van der Waals surface area contributed by atoms with Crippen LogP contribution in [0.25, 0.3) is 10.8 Å². The van der Waals surface area contributed by atoms with Crippen molar-refractivity contribution in [3.8, 4) is 10.8 Å². The molecular formula is C17H18N4OS. The van der Waals surface area contributed by atoms with Crippen LogP contribution in [-0.2, 0) is 6.54 Å². The van der Waals surface area contributed by atoms with Gasteiger partial charge in [-0.1, -0.05) is 0 Å². The predicted molar refractivity (Wildman–Crippen MR) is 89.0 cm³/mol. The molecule has 5 nitrogen and oxygen atoms in total. The zero-order chi connectivity index (χ0) is 15.6. The van der Waals surface area contributed by atoms with Crippen LogP contribution in [0.5, 0.6) is 0 Å². The van der Waals surface area contributed by atoms with Crippen molar-refractivity contribution in [2.75, 3.05) is 6.54 Å². The molecule has 4 rings (SSSR count). The first-order valence-electron chi connectivity index (χ1n) is 7.83. The number of rotatable bonds is 4. The molecule has 1 saturated heterocycles. The monoisotopic (exact) mass is 326 g/mol. The highest BCUT2D eigenvalue weighted by atomic mass is 32.1. The van der Waals surface area contributed by atoms with E-state index in [9.17, 15) is 0 Å². The molecule has 0 aliphatic carbocycles. The Labute approximate surface area is 139 Å². The maximum absolute atomic E-state index is 5.97. The average Bonchev–Trinajstić information content (AvgIpc) is 3.28. The van der Waals surface area contributed by atoms with Crippen molar-refractivity contribution in [2.24, 2.45) is 0 Å². The van der Waals surface area contributed by atoms with Crippen molar-refractivity contribution >= 4 is 11.3 Å². The zero-order valence-electron chi connectivity index (χ0n) is 13.0. The second kappa shape index (κ2) is 6.22. The Hall–Kier alpha value is -2.05. The van der Waals surface area contributed by atoms with Crippen LogP contribution >= 0.6 is 11.3 Å². The van der Waals surface area contributed by atoms with E-state index in [1.165, 1.54) is 10.4 Å². The molecule has 1 aliphatic heterocycles. The molecule has 118 valence electrons. The van der Waals surface area contributed by atoms with Crippen molar-refractivity contribution in [2.45, 2.75) is 32.4 Å². The van der Waals surface area contributed by atoms with Crippen LogP contribution < -0.4 is 0 Å². The van der Waals surface area contributed by atoms with Crippen LogP contribution in [0.2, 0.25) is 0 Å². The maximum atomic E-state index is 5.97. The third kappa shape index (κ3) is 3.04. The van der Waals surface area contributed by atoms with Crippen molar-refractivity contribution in [1.82, 2.24) is 20.1 Å². The molecule has 0 N–H and O–H groups in total. The van der Waals surface area contributed by atoms with Gasteiger partial charge in [-0.25, -0.2) is 0 Å². The van der Waals surface area contributed by atoms with Crippen LogP contribution in [-0.4, -0.2) is 26.6 Å². The zero-order valence-corrected chi connectivity index (χ0v) is 13.8. The second-order valence-electron chi connectivity index (χ2n) is 5.84. The first kappa shape index (κ1) is 14.5. The van der Waals surface area contributed by atoms with Crippen LogP contribution in [0.1, 0.15) is 35.2 Å². The van der Waals surface area contributed by atoms with Gasteiger partial charge in [-0.3, -0.25) is 9.88 Å². The SMILES string of the molecule is Cc1ccc(-c2nnc(C3CCCN3Cc3ccncc3)o2)s1. The van der Waals surface area contributed by atoms with Gasteiger partial charge in [0, 0.05) is 23.8 Å². The summed E-state index contributed by atoms with van der Waals surface area (Å²) in [5.74, 6) is 1.37. The van der Waals surface area contributed by atoms with E-state index in [-0.39, 0.29) is 6.04 Å². The molecule has 3 aromatic heterocycles. The van der Waals surface area contributed by atoms with E-state index in [2.05, 4.69) is 45.2 Å². The summed E-state index contributed by atoms with van der Waals surface area (Å²) in [5, 5.41) is 8.55. The summed E-state index contributed by atoms with van der Waals surface area (Å²) in [5.41, 5.74) is 1.26. The van der Waals surface area contributed by atoms with Gasteiger partial charge >= 0.3 is 0 Å². The molecule has 23 heavy (non-hydrogen) atoms. The lowest BCUT2D eigenvalue weighted by Gasteiger charge is -2.21. The summed E-state index contributed by atoms with van der Waals surface area (Å²) in [4.78, 5) is 8.78. The van der Waals surface area contributed by atoms with E-state index < -0.39 is 0 Å². The number of pyridine rings is 1. The molecule has 4 heterocycles. The molecule has 0 amide bonds. The van der Waals surface area contributed by atoms with Gasteiger partial charge in [0.15, 0.2) is 0 Å². The number of aryl methyl sites for hydroxylation is 1. The lowest BCUT2D eigenvalue weighted by molar-refractivity contribution is 0.215. The van der Waals surface area contributed by atoms with Gasteiger partial charge in [0.25, 0.3) is 5.89 Å². The van der Waals surface area contributed by atoms with Gasteiger partial charge in [-0.2, -0.15) is 0 Å². The average molecular weight is 326 g/mol. The van der Waals surface area contributed by atoms with Gasteiger partial charge < -0.3 is 4.42 Å². The predicted octanol–water partition coefficient (Wildman–Crippen LogP) is 3.84. The maximum Gasteiger partial charge on any atom is 0.257 e. The van der Waals surface area contributed by atoms with Crippen molar-refractivity contribution in [3.05, 3.63) is 53.0 Å². The van der Waals surface area contributed by atoms with Crippen LogP contribution in [0.4, 0.5) is 0 Å². The molecule has 1 unspecified atom stereocenters. The fourth-order valence-electron chi connectivity index (χ4n) is 3.04. The van der Waals surface area contributed by atoms with Crippen molar-refractivity contribution in [3.63, 3.8) is 0 Å². The number of hydrogen-bond donors (Lipinski definition) is 0. The molecule has 6 heteroatoms. The first-order valence-corrected chi connectivity index (χ1v) is 8.64. The molecule has 1 fully saturated rings. The van der Waals surface area contributed by atoms with E-state index in [0.29, 0.717) is 5.89 Å². The Balaban J connectivity index is 1.54. The molecule has 0 bridgehead atoms. The molecular weight excluding hydrogens is 308 g/mol. The highest BCUT2D eigenvalue weighted by molar-refractivity contribution is 7.15. The van der Waals surface area contributed by atoms with Gasteiger partial charge in [0.05, 0.1) is 10.9 Å². The van der Waals surface area contributed by atoms with Crippen LogP contribution in [0, 0.1) is 6.92 Å². The molecule has 0 aromatic carbocycles. The number of nitrogens with zero attached hydrogens (tertiary/aromatic N) is 4. The van der Waals surface area contributed by atoms with Gasteiger partial charge in [-0.15, -0.1) is 21.5 Å². The minimum Gasteiger partial charge on any atom is -0.418 e. The quantitative estimate of drug-likeness (QED) is 0.729. The molecule has 3 aromatic rings. The summed E-state index contributed by atoms with van der Waals surface area (Å²) in [6.45, 7) is 4.03. The summed E-state index contributed by atoms with van der Waals surface area (Å²) in [7, 11) is 0. The summed E-state index contributed by atoms with van der Waals surface area (Å²) >= 11 is 1.68. The van der Waals surface area contributed by atoms with E-state index in [1.807, 2.05) is 18.5 Å². The Bertz CT molecular complexity index is 783. The molecule has 1 aliphatic rings. The van der Waals surface area contributed by atoms with Gasteiger partial charge in [0.1, 0.15) is 0 Å². The molecule has 0 saturated carbocycles. The number of likely N-dealkylation sites (tertiary alicyclic amines) is 1. The summed E-state index contributed by atoms with van der Waals surface area (Å²) < 4.78 is 5.97. The number of aromatic nitrogens is 3. The first-order chi connectivity index (χ1) is 11.3. The summed E-state index contributed by atoms with van der Waals surface area (Å²) in [6.07, 6.45) is 5.90. The topological polar surface area (TPSA) is 55.1 Å². The number of hydrogen-bond acceptors (Lipinski definition) is 6. The fourth-order valence-corrected chi connectivity index (χ4v) is 3.82. The van der Waals surface area contributed by atoms with E-state index >= 15 is 0 Å². The molecule has 1 atom stereocenters. The lowest BCUT2D eigenvalue weighted by atomic mass is 10.2. The number of thiophene rings is 1. The molecule has 0 spiro atoms. The highest BCUT2D eigenvalue weighted by Crippen LogP contribution is 2.34. The standard InChI is InChI=1S/C17H18N4OS/c1-12-4-5-15(23-12)17-20-19-16(22-17)14-3-2-10-21(14)11-13-6-8-18-9-7-13/h4-9,14H,2-3,10-11H2,1H3. The van der Waals surface area contributed by atoms with Crippen LogP contribution in [0.15, 0.2) is 41.1 Å². The van der Waals surface area contributed by atoms with E-state index in [0.717, 1.165) is 36.7 Å². The van der Waals surface area contributed by atoms with E-state index in [1.54, 1.807) is 11.3 Å². The third-order valence-electron chi connectivity index (χ3n) is 4.18. The second-order valence-corrected chi connectivity index (χ2v) is 7.13. The summed E-state index contributed by atoms with van der Waals surface area (Å²) in [6, 6.07) is 8.45.